The van der Waals surface area contributed by atoms with Gasteiger partial charge in [-0.15, -0.1) is 0 Å². The zero-order valence-electron chi connectivity index (χ0n) is 16.8. The number of hydrogen-bond donors (Lipinski definition) is 1. The van der Waals surface area contributed by atoms with Crippen LogP contribution in [0.3, 0.4) is 0 Å². The SMILES string of the molecule is COc1ccc(OC)c(NC(=O)[C@@H]2Cc3ccccc3N2C(=O)c2ccccc2)c1. The minimum Gasteiger partial charge on any atom is -0.497 e. The van der Waals surface area contributed by atoms with E-state index in [2.05, 4.69) is 5.32 Å². The van der Waals surface area contributed by atoms with Crippen LogP contribution in [-0.2, 0) is 11.2 Å². The minimum atomic E-state index is -0.675. The molecular formula is C24H22N2O4. The standard InChI is InChI=1S/C24H22N2O4/c1-29-18-12-13-22(30-2)19(15-18)25-23(27)21-14-17-10-6-7-11-20(17)26(21)24(28)16-8-4-3-5-9-16/h3-13,15,21H,14H2,1-2H3,(H,25,27)/t21-/m0/s1. The molecule has 0 fully saturated rings. The Bertz CT molecular complexity index is 1080. The molecule has 30 heavy (non-hydrogen) atoms. The van der Waals surface area contributed by atoms with Gasteiger partial charge in [0.25, 0.3) is 5.91 Å². The van der Waals surface area contributed by atoms with Crippen molar-refractivity contribution >= 4 is 23.2 Å². The number of methoxy groups -OCH3 is 2. The van der Waals surface area contributed by atoms with Crippen molar-refractivity contribution in [2.24, 2.45) is 0 Å². The zero-order chi connectivity index (χ0) is 21.1. The van der Waals surface area contributed by atoms with E-state index in [1.807, 2.05) is 42.5 Å². The van der Waals surface area contributed by atoms with Crippen molar-refractivity contribution in [3.05, 3.63) is 83.9 Å². The Morgan fingerprint density at radius 3 is 2.40 bits per heavy atom. The van der Waals surface area contributed by atoms with Gasteiger partial charge >= 0.3 is 0 Å². The van der Waals surface area contributed by atoms with Gasteiger partial charge in [-0.3, -0.25) is 14.5 Å². The minimum absolute atomic E-state index is 0.210. The molecular weight excluding hydrogens is 380 g/mol. The van der Waals surface area contributed by atoms with Crippen LogP contribution in [-0.4, -0.2) is 32.1 Å². The number of ether oxygens (including phenoxy) is 2. The maximum atomic E-state index is 13.3. The molecule has 3 aromatic carbocycles. The molecule has 0 aliphatic carbocycles. The molecule has 152 valence electrons. The molecule has 1 aliphatic heterocycles. The lowest BCUT2D eigenvalue weighted by Crippen LogP contribution is -2.45. The summed E-state index contributed by atoms with van der Waals surface area (Å²) in [6, 6.07) is 21.1. The summed E-state index contributed by atoms with van der Waals surface area (Å²) in [7, 11) is 3.09. The molecule has 1 heterocycles. The lowest BCUT2D eigenvalue weighted by atomic mass is 10.1. The van der Waals surface area contributed by atoms with Gasteiger partial charge in [0, 0.05) is 23.7 Å². The zero-order valence-corrected chi connectivity index (χ0v) is 16.8. The highest BCUT2D eigenvalue weighted by molar-refractivity contribution is 6.13. The maximum absolute atomic E-state index is 13.3. The van der Waals surface area contributed by atoms with Gasteiger partial charge in [0.05, 0.1) is 19.9 Å². The Morgan fingerprint density at radius 2 is 1.67 bits per heavy atom. The second kappa shape index (κ2) is 8.29. The van der Waals surface area contributed by atoms with E-state index < -0.39 is 6.04 Å². The fourth-order valence-electron chi connectivity index (χ4n) is 3.69. The number of nitrogens with one attached hydrogen (secondary N) is 1. The van der Waals surface area contributed by atoms with Crippen LogP contribution in [0.25, 0.3) is 0 Å². The third-order valence-corrected chi connectivity index (χ3v) is 5.18. The van der Waals surface area contributed by atoms with Crippen LogP contribution in [0, 0.1) is 0 Å². The van der Waals surface area contributed by atoms with Gasteiger partial charge in [-0.25, -0.2) is 0 Å². The molecule has 1 N–H and O–H groups in total. The first kappa shape index (κ1) is 19.5. The molecule has 0 saturated heterocycles. The van der Waals surface area contributed by atoms with Gasteiger partial charge in [-0.1, -0.05) is 36.4 Å². The first-order valence-electron chi connectivity index (χ1n) is 9.61. The van der Waals surface area contributed by atoms with E-state index in [0.29, 0.717) is 29.2 Å². The lowest BCUT2D eigenvalue weighted by Gasteiger charge is -2.25. The van der Waals surface area contributed by atoms with Crippen LogP contribution in [0.15, 0.2) is 72.8 Å². The van der Waals surface area contributed by atoms with E-state index >= 15 is 0 Å². The molecule has 0 spiro atoms. The van der Waals surface area contributed by atoms with Crippen molar-refractivity contribution < 1.29 is 19.1 Å². The number of para-hydroxylation sites is 1. The monoisotopic (exact) mass is 402 g/mol. The summed E-state index contributed by atoms with van der Waals surface area (Å²) in [5, 5.41) is 2.91. The highest BCUT2D eigenvalue weighted by atomic mass is 16.5. The summed E-state index contributed by atoms with van der Waals surface area (Å²) in [6.45, 7) is 0. The van der Waals surface area contributed by atoms with Crippen molar-refractivity contribution in [3.8, 4) is 11.5 Å². The van der Waals surface area contributed by atoms with Crippen molar-refractivity contribution in [2.75, 3.05) is 24.4 Å². The quantitative estimate of drug-likeness (QED) is 0.703. The predicted molar refractivity (Wildman–Crippen MR) is 115 cm³/mol. The van der Waals surface area contributed by atoms with Crippen LogP contribution in [0.5, 0.6) is 11.5 Å². The van der Waals surface area contributed by atoms with Gasteiger partial charge in [-0.2, -0.15) is 0 Å². The number of hydrogen-bond acceptors (Lipinski definition) is 4. The van der Waals surface area contributed by atoms with E-state index in [1.54, 1.807) is 42.3 Å². The molecule has 1 atom stereocenters. The van der Waals surface area contributed by atoms with Gasteiger partial charge in [-0.05, 0) is 35.9 Å². The average Bonchev–Trinajstić information content (AvgIpc) is 3.19. The summed E-state index contributed by atoms with van der Waals surface area (Å²) < 4.78 is 10.6. The molecule has 2 amide bonds. The average molecular weight is 402 g/mol. The molecule has 1 aliphatic rings. The van der Waals surface area contributed by atoms with Crippen molar-refractivity contribution in [2.45, 2.75) is 12.5 Å². The summed E-state index contributed by atoms with van der Waals surface area (Å²) in [5.74, 6) is 0.610. The Kier molecular flexibility index (Phi) is 5.39. The summed E-state index contributed by atoms with van der Waals surface area (Å²) in [6.07, 6.45) is 0.437. The Morgan fingerprint density at radius 1 is 0.933 bits per heavy atom. The Balaban J connectivity index is 1.67. The van der Waals surface area contributed by atoms with Crippen LogP contribution < -0.4 is 19.7 Å². The molecule has 6 heteroatoms. The van der Waals surface area contributed by atoms with Crippen LogP contribution in [0.1, 0.15) is 15.9 Å². The number of rotatable bonds is 5. The van der Waals surface area contributed by atoms with E-state index in [1.165, 1.54) is 7.11 Å². The number of amides is 2. The highest BCUT2D eigenvalue weighted by Crippen LogP contribution is 2.35. The maximum Gasteiger partial charge on any atom is 0.259 e. The third kappa shape index (κ3) is 3.59. The first-order valence-corrected chi connectivity index (χ1v) is 9.61. The lowest BCUT2D eigenvalue weighted by molar-refractivity contribution is -0.117. The number of anilines is 2. The first-order chi connectivity index (χ1) is 14.6. The van der Waals surface area contributed by atoms with E-state index in [0.717, 1.165) is 11.3 Å². The highest BCUT2D eigenvalue weighted by Gasteiger charge is 2.38. The molecule has 4 rings (SSSR count). The molecule has 0 saturated carbocycles. The number of carbonyl (C=O) groups excluding carboxylic acids is 2. The van der Waals surface area contributed by atoms with Crippen LogP contribution in [0.4, 0.5) is 11.4 Å². The molecule has 3 aromatic rings. The van der Waals surface area contributed by atoms with E-state index in [9.17, 15) is 9.59 Å². The molecule has 0 radical (unpaired) electrons. The number of carbonyl (C=O) groups is 2. The fourth-order valence-corrected chi connectivity index (χ4v) is 3.69. The smallest absolute Gasteiger partial charge is 0.259 e. The van der Waals surface area contributed by atoms with E-state index in [4.69, 9.17) is 9.47 Å². The van der Waals surface area contributed by atoms with Crippen LogP contribution >= 0.6 is 0 Å². The summed E-state index contributed by atoms with van der Waals surface area (Å²) in [5.41, 5.74) is 2.74. The number of benzene rings is 3. The van der Waals surface area contributed by atoms with Gasteiger partial charge in [0.2, 0.25) is 5.91 Å². The normalized spacial score (nSPS) is 14.7. The molecule has 0 bridgehead atoms. The van der Waals surface area contributed by atoms with E-state index in [-0.39, 0.29) is 11.8 Å². The van der Waals surface area contributed by atoms with Crippen molar-refractivity contribution in [3.63, 3.8) is 0 Å². The fraction of sp³-hybridized carbons (Fsp3) is 0.167. The number of nitrogens with zero attached hydrogens (tertiary/aromatic N) is 1. The third-order valence-electron chi connectivity index (χ3n) is 5.18. The van der Waals surface area contributed by atoms with Crippen molar-refractivity contribution in [1.82, 2.24) is 0 Å². The van der Waals surface area contributed by atoms with Gasteiger partial charge < -0.3 is 14.8 Å². The van der Waals surface area contributed by atoms with Crippen LogP contribution in [0.2, 0.25) is 0 Å². The summed E-state index contributed by atoms with van der Waals surface area (Å²) >= 11 is 0. The van der Waals surface area contributed by atoms with Gasteiger partial charge in [0.15, 0.2) is 0 Å². The number of fused-ring (bicyclic) bond motifs is 1. The predicted octanol–water partition coefficient (Wildman–Crippen LogP) is 3.91. The molecule has 6 nitrogen and oxygen atoms in total. The van der Waals surface area contributed by atoms with Crippen molar-refractivity contribution in [1.29, 1.82) is 0 Å². The second-order valence-electron chi connectivity index (χ2n) is 6.95. The summed E-state index contributed by atoms with van der Waals surface area (Å²) in [4.78, 5) is 28.2. The largest absolute Gasteiger partial charge is 0.497 e. The topological polar surface area (TPSA) is 67.9 Å². The molecule has 0 unspecified atom stereocenters. The van der Waals surface area contributed by atoms with Gasteiger partial charge in [0.1, 0.15) is 17.5 Å². The Hall–Kier alpha value is -3.80. The Labute approximate surface area is 175 Å². The molecule has 0 aromatic heterocycles. The second-order valence-corrected chi connectivity index (χ2v) is 6.95.